The lowest BCUT2D eigenvalue weighted by Crippen LogP contribution is -2.35. The molecule has 6 nitrogen and oxygen atoms in total. The lowest BCUT2D eigenvalue weighted by Gasteiger charge is -2.31. The van der Waals surface area contributed by atoms with Gasteiger partial charge < -0.3 is 9.64 Å². The average molecular weight is 427 g/mol. The van der Waals surface area contributed by atoms with E-state index in [1.165, 1.54) is 6.26 Å². The van der Waals surface area contributed by atoms with Gasteiger partial charge in [0.05, 0.1) is 5.56 Å². The van der Waals surface area contributed by atoms with E-state index < -0.39 is 0 Å². The molecule has 1 amide bonds. The van der Waals surface area contributed by atoms with Crippen molar-refractivity contribution in [2.75, 3.05) is 26.2 Å². The van der Waals surface area contributed by atoms with Crippen LogP contribution in [0.3, 0.4) is 0 Å². The molecule has 7 heteroatoms. The van der Waals surface area contributed by atoms with Gasteiger partial charge in [-0.15, -0.1) is 0 Å². The predicted octanol–water partition coefficient (Wildman–Crippen LogP) is 4.32. The normalized spacial score (nSPS) is 17.9. The molecule has 0 unspecified atom stereocenters. The van der Waals surface area contributed by atoms with Crippen LogP contribution in [0.25, 0.3) is 0 Å². The van der Waals surface area contributed by atoms with Gasteiger partial charge in [0.15, 0.2) is 0 Å². The Labute approximate surface area is 182 Å². The Morgan fingerprint density at radius 2 is 1.87 bits per heavy atom. The number of fused-ring (bicyclic) bond motifs is 1. The molecule has 0 aliphatic carbocycles. The van der Waals surface area contributed by atoms with Gasteiger partial charge >= 0.3 is 0 Å². The van der Waals surface area contributed by atoms with Gasteiger partial charge in [-0.25, -0.2) is 9.97 Å². The molecule has 2 aromatic rings. The van der Waals surface area contributed by atoms with E-state index in [4.69, 9.17) is 16.3 Å². The fourth-order valence-electron chi connectivity index (χ4n) is 4.07. The largest absolute Gasteiger partial charge is 0.461 e. The molecule has 0 spiro atoms. The number of aryl methyl sites for hydroxylation is 1. The maximum atomic E-state index is 12.9. The molecular formula is C23H27ClN4O2. The average Bonchev–Trinajstić information content (AvgIpc) is 2.89. The Bertz CT molecular complexity index is 911. The Hall–Kier alpha value is -2.44. The maximum Gasteiger partial charge on any atom is 0.262 e. The highest BCUT2D eigenvalue weighted by Crippen LogP contribution is 2.29. The van der Waals surface area contributed by atoms with E-state index in [1.807, 2.05) is 43.6 Å². The summed E-state index contributed by atoms with van der Waals surface area (Å²) in [5, 5.41) is 0.331. The zero-order valence-electron chi connectivity index (χ0n) is 17.3. The summed E-state index contributed by atoms with van der Waals surface area (Å²) in [6, 6.07) is 7.45. The summed E-state index contributed by atoms with van der Waals surface area (Å²) >= 11 is 6.33. The van der Waals surface area contributed by atoms with Crippen LogP contribution in [0.4, 0.5) is 0 Å². The second kappa shape index (κ2) is 9.58. The van der Waals surface area contributed by atoms with Crippen LogP contribution in [0.1, 0.15) is 53.3 Å². The van der Waals surface area contributed by atoms with Gasteiger partial charge in [-0.2, -0.15) is 0 Å². The summed E-state index contributed by atoms with van der Waals surface area (Å²) in [4.78, 5) is 25.8. The zero-order valence-corrected chi connectivity index (χ0v) is 18.0. The number of piperidine rings is 1. The van der Waals surface area contributed by atoms with Gasteiger partial charge in [-0.3, -0.25) is 9.69 Å². The van der Waals surface area contributed by atoms with Gasteiger partial charge in [-0.05, 0) is 76.0 Å². The third-order valence-electron chi connectivity index (χ3n) is 5.80. The van der Waals surface area contributed by atoms with E-state index in [2.05, 4.69) is 14.9 Å². The standard InChI is InChI=1S/C23H27ClN4O2/c1-17-5-6-19-20(15-17)30-16-21(24)28(23(19)29)12-3-2-11-27-13-7-18(8-14-27)22-25-9-4-10-26-22/h4-6,9-10,15-16,18H,2-3,7-8,11-14H2,1H3. The molecular weight excluding hydrogens is 400 g/mol. The number of likely N-dealkylation sites (tertiary alicyclic amines) is 1. The van der Waals surface area contributed by atoms with Crippen molar-refractivity contribution in [3.63, 3.8) is 0 Å². The van der Waals surface area contributed by atoms with Gasteiger partial charge in [0, 0.05) is 24.9 Å². The summed E-state index contributed by atoms with van der Waals surface area (Å²) < 4.78 is 5.62. The van der Waals surface area contributed by atoms with Gasteiger partial charge in [0.25, 0.3) is 5.91 Å². The highest BCUT2D eigenvalue weighted by molar-refractivity contribution is 6.30. The molecule has 1 fully saturated rings. The van der Waals surface area contributed by atoms with Gasteiger partial charge in [0.1, 0.15) is 23.0 Å². The van der Waals surface area contributed by atoms with Crippen LogP contribution < -0.4 is 4.74 Å². The van der Waals surface area contributed by atoms with Crippen LogP contribution in [0, 0.1) is 6.92 Å². The van der Waals surface area contributed by atoms with Crippen molar-refractivity contribution < 1.29 is 9.53 Å². The van der Waals surface area contributed by atoms with E-state index in [9.17, 15) is 4.79 Å². The summed E-state index contributed by atoms with van der Waals surface area (Å²) in [5.74, 6) is 1.89. The quantitative estimate of drug-likeness (QED) is 0.508. The Morgan fingerprint density at radius 1 is 1.13 bits per heavy atom. The van der Waals surface area contributed by atoms with Crippen molar-refractivity contribution in [2.45, 2.75) is 38.5 Å². The monoisotopic (exact) mass is 426 g/mol. The molecule has 0 atom stereocenters. The van der Waals surface area contributed by atoms with Crippen molar-refractivity contribution in [2.24, 2.45) is 0 Å². The molecule has 30 heavy (non-hydrogen) atoms. The fourth-order valence-corrected chi connectivity index (χ4v) is 4.28. The lowest BCUT2D eigenvalue weighted by molar-refractivity contribution is 0.0814. The van der Waals surface area contributed by atoms with Crippen molar-refractivity contribution in [3.8, 4) is 5.75 Å². The molecule has 0 radical (unpaired) electrons. The van der Waals surface area contributed by atoms with Crippen molar-refractivity contribution in [3.05, 3.63) is 65.0 Å². The second-order valence-electron chi connectivity index (χ2n) is 7.94. The van der Waals surface area contributed by atoms with Gasteiger partial charge in [-0.1, -0.05) is 17.7 Å². The molecule has 4 rings (SSSR count). The number of carbonyl (C=O) groups is 1. The Kier molecular flexibility index (Phi) is 6.65. The van der Waals surface area contributed by atoms with Gasteiger partial charge in [0.2, 0.25) is 0 Å². The van der Waals surface area contributed by atoms with E-state index in [-0.39, 0.29) is 5.91 Å². The zero-order chi connectivity index (χ0) is 20.9. The first-order valence-corrected chi connectivity index (χ1v) is 10.9. The van der Waals surface area contributed by atoms with Crippen LogP contribution in [-0.4, -0.2) is 51.9 Å². The minimum atomic E-state index is -0.104. The first-order chi connectivity index (χ1) is 14.6. The first-order valence-electron chi connectivity index (χ1n) is 10.6. The molecule has 0 saturated carbocycles. The predicted molar refractivity (Wildman–Crippen MR) is 116 cm³/mol. The number of halogens is 1. The second-order valence-corrected chi connectivity index (χ2v) is 8.33. The molecule has 1 aromatic heterocycles. The molecule has 2 aliphatic rings. The Balaban J connectivity index is 1.24. The van der Waals surface area contributed by atoms with E-state index in [0.717, 1.165) is 56.7 Å². The first kappa shape index (κ1) is 20.8. The maximum absolute atomic E-state index is 12.9. The summed E-state index contributed by atoms with van der Waals surface area (Å²) in [6.45, 7) is 5.70. The van der Waals surface area contributed by atoms with E-state index >= 15 is 0 Å². The number of ether oxygens (including phenoxy) is 1. The number of aromatic nitrogens is 2. The number of carbonyl (C=O) groups excluding carboxylic acids is 1. The summed E-state index contributed by atoms with van der Waals surface area (Å²) in [7, 11) is 0. The van der Waals surface area contributed by atoms with E-state index in [0.29, 0.717) is 28.9 Å². The van der Waals surface area contributed by atoms with Crippen molar-refractivity contribution >= 4 is 17.5 Å². The van der Waals surface area contributed by atoms with E-state index in [1.54, 1.807) is 4.90 Å². The molecule has 1 aromatic carbocycles. The Morgan fingerprint density at radius 3 is 2.63 bits per heavy atom. The third kappa shape index (κ3) is 4.82. The summed E-state index contributed by atoms with van der Waals surface area (Å²) in [5.41, 5.74) is 1.60. The molecule has 0 N–H and O–H groups in total. The van der Waals surface area contributed by atoms with Crippen molar-refractivity contribution in [1.29, 1.82) is 0 Å². The SMILES string of the molecule is Cc1ccc2c(c1)OC=C(Cl)N(CCCCN1CCC(c3ncccn3)CC1)C2=O. The van der Waals surface area contributed by atoms with Crippen LogP contribution in [0.15, 0.2) is 48.1 Å². The number of hydrogen-bond donors (Lipinski definition) is 0. The number of hydrogen-bond acceptors (Lipinski definition) is 5. The number of nitrogens with zero attached hydrogens (tertiary/aromatic N) is 4. The van der Waals surface area contributed by atoms with Crippen LogP contribution in [0.5, 0.6) is 5.75 Å². The molecule has 3 heterocycles. The highest BCUT2D eigenvalue weighted by atomic mass is 35.5. The molecule has 1 saturated heterocycles. The summed E-state index contributed by atoms with van der Waals surface area (Å²) in [6.07, 6.45) is 9.20. The number of amides is 1. The highest BCUT2D eigenvalue weighted by Gasteiger charge is 2.26. The molecule has 158 valence electrons. The van der Waals surface area contributed by atoms with Crippen molar-refractivity contribution in [1.82, 2.24) is 19.8 Å². The molecule has 0 bridgehead atoms. The number of benzene rings is 1. The van der Waals surface area contributed by atoms with Crippen LogP contribution >= 0.6 is 11.6 Å². The smallest absolute Gasteiger partial charge is 0.262 e. The number of rotatable bonds is 6. The lowest BCUT2D eigenvalue weighted by atomic mass is 9.96. The number of unbranched alkanes of at least 4 members (excludes halogenated alkanes) is 1. The third-order valence-corrected chi connectivity index (χ3v) is 6.09. The molecule has 2 aliphatic heterocycles. The fraction of sp³-hybridized carbons (Fsp3) is 0.435. The minimum Gasteiger partial charge on any atom is -0.461 e. The van der Waals surface area contributed by atoms with Crippen LogP contribution in [0.2, 0.25) is 0 Å². The van der Waals surface area contributed by atoms with Crippen LogP contribution in [-0.2, 0) is 0 Å². The minimum absolute atomic E-state index is 0.104. The topological polar surface area (TPSA) is 58.6 Å².